The standard InChI is InChI=1S/C20H22ClNO2/c1-14-6-7-17(20(23)24)18(12-14)15-8-10-22(11-9-15)13-16-4-2-3-5-19(16)21/h2-7,12,15H,8-11,13H2,1H3,(H,23,24). The molecule has 1 N–H and O–H groups in total. The molecule has 2 aromatic rings. The highest BCUT2D eigenvalue weighted by Crippen LogP contribution is 2.32. The van der Waals surface area contributed by atoms with Crippen LogP contribution in [-0.2, 0) is 6.54 Å². The Morgan fingerprint density at radius 3 is 2.58 bits per heavy atom. The average molecular weight is 344 g/mol. The Morgan fingerprint density at radius 1 is 1.21 bits per heavy atom. The Bertz CT molecular complexity index is 736. The SMILES string of the molecule is Cc1ccc(C(=O)O)c(C2CCN(Cc3ccccc3Cl)CC2)c1. The van der Waals surface area contributed by atoms with E-state index >= 15 is 0 Å². The fraction of sp³-hybridized carbons (Fsp3) is 0.350. The van der Waals surface area contributed by atoms with E-state index in [2.05, 4.69) is 11.0 Å². The highest BCUT2D eigenvalue weighted by atomic mass is 35.5. The molecule has 1 saturated heterocycles. The van der Waals surface area contributed by atoms with Gasteiger partial charge in [-0.05, 0) is 62.0 Å². The van der Waals surface area contributed by atoms with Gasteiger partial charge in [0, 0.05) is 11.6 Å². The molecule has 1 heterocycles. The lowest BCUT2D eigenvalue weighted by atomic mass is 9.85. The number of aryl methyl sites for hydroxylation is 1. The lowest BCUT2D eigenvalue weighted by molar-refractivity contribution is 0.0694. The molecule has 3 nitrogen and oxygen atoms in total. The number of aromatic carboxylic acids is 1. The summed E-state index contributed by atoms with van der Waals surface area (Å²) in [5.74, 6) is -0.512. The van der Waals surface area contributed by atoms with Crippen molar-refractivity contribution < 1.29 is 9.90 Å². The summed E-state index contributed by atoms with van der Waals surface area (Å²) >= 11 is 6.25. The molecule has 0 amide bonds. The summed E-state index contributed by atoms with van der Waals surface area (Å²) < 4.78 is 0. The first-order chi connectivity index (χ1) is 11.5. The van der Waals surface area contributed by atoms with Crippen molar-refractivity contribution >= 4 is 17.6 Å². The highest BCUT2D eigenvalue weighted by Gasteiger charge is 2.24. The van der Waals surface area contributed by atoms with Gasteiger partial charge in [0.15, 0.2) is 0 Å². The van der Waals surface area contributed by atoms with Crippen LogP contribution in [0.3, 0.4) is 0 Å². The van der Waals surface area contributed by atoms with Gasteiger partial charge in [0.2, 0.25) is 0 Å². The van der Waals surface area contributed by atoms with Crippen molar-refractivity contribution in [3.05, 3.63) is 69.7 Å². The number of benzene rings is 2. The van der Waals surface area contributed by atoms with Crippen LogP contribution in [0.2, 0.25) is 5.02 Å². The number of carboxylic acids is 1. The minimum atomic E-state index is -0.830. The summed E-state index contributed by atoms with van der Waals surface area (Å²) in [4.78, 5) is 13.9. The van der Waals surface area contributed by atoms with Crippen LogP contribution >= 0.6 is 11.6 Å². The van der Waals surface area contributed by atoms with Crippen LogP contribution < -0.4 is 0 Å². The van der Waals surface area contributed by atoms with E-state index in [0.29, 0.717) is 11.5 Å². The van der Waals surface area contributed by atoms with E-state index in [1.165, 1.54) is 0 Å². The Morgan fingerprint density at radius 2 is 1.92 bits per heavy atom. The van der Waals surface area contributed by atoms with Crippen molar-refractivity contribution in [2.24, 2.45) is 0 Å². The molecule has 1 aliphatic rings. The minimum Gasteiger partial charge on any atom is -0.478 e. The first-order valence-electron chi connectivity index (χ1n) is 8.34. The third-order valence-corrected chi connectivity index (χ3v) is 5.19. The van der Waals surface area contributed by atoms with Gasteiger partial charge in [0.25, 0.3) is 0 Å². The lowest BCUT2D eigenvalue weighted by Crippen LogP contribution is -2.33. The number of likely N-dealkylation sites (tertiary alicyclic amines) is 1. The average Bonchev–Trinajstić information content (AvgIpc) is 2.57. The summed E-state index contributed by atoms with van der Waals surface area (Å²) in [6, 6.07) is 13.6. The zero-order chi connectivity index (χ0) is 17.1. The van der Waals surface area contributed by atoms with Gasteiger partial charge in [-0.1, -0.05) is 47.5 Å². The predicted octanol–water partition coefficient (Wildman–Crippen LogP) is 4.73. The molecule has 0 aliphatic carbocycles. The van der Waals surface area contributed by atoms with Crippen molar-refractivity contribution in [2.75, 3.05) is 13.1 Å². The second-order valence-corrected chi connectivity index (χ2v) is 6.94. The molecular weight excluding hydrogens is 322 g/mol. The molecular formula is C20H22ClNO2. The van der Waals surface area contributed by atoms with Crippen LogP contribution in [0.15, 0.2) is 42.5 Å². The molecule has 0 spiro atoms. The van der Waals surface area contributed by atoms with E-state index in [0.717, 1.165) is 54.2 Å². The number of rotatable bonds is 4. The van der Waals surface area contributed by atoms with E-state index in [1.807, 2.05) is 37.3 Å². The van der Waals surface area contributed by atoms with Crippen molar-refractivity contribution in [3.63, 3.8) is 0 Å². The van der Waals surface area contributed by atoms with Crippen LogP contribution in [0, 0.1) is 6.92 Å². The van der Waals surface area contributed by atoms with E-state index in [-0.39, 0.29) is 0 Å². The Labute approximate surface area is 147 Å². The molecule has 24 heavy (non-hydrogen) atoms. The third kappa shape index (κ3) is 3.80. The molecule has 126 valence electrons. The fourth-order valence-electron chi connectivity index (χ4n) is 3.48. The topological polar surface area (TPSA) is 40.5 Å². The van der Waals surface area contributed by atoms with Crippen LogP contribution in [0.4, 0.5) is 0 Å². The van der Waals surface area contributed by atoms with Gasteiger partial charge >= 0.3 is 5.97 Å². The zero-order valence-corrected chi connectivity index (χ0v) is 14.6. The maximum Gasteiger partial charge on any atom is 0.335 e. The molecule has 2 aromatic carbocycles. The number of carboxylic acid groups (broad SMARTS) is 1. The molecule has 0 aromatic heterocycles. The van der Waals surface area contributed by atoms with Gasteiger partial charge in [-0.3, -0.25) is 4.90 Å². The molecule has 0 bridgehead atoms. The van der Waals surface area contributed by atoms with Crippen molar-refractivity contribution in [1.29, 1.82) is 0 Å². The molecule has 4 heteroatoms. The van der Waals surface area contributed by atoms with Gasteiger partial charge < -0.3 is 5.11 Å². The van der Waals surface area contributed by atoms with Crippen LogP contribution in [0.1, 0.15) is 45.8 Å². The molecule has 1 fully saturated rings. The monoisotopic (exact) mass is 343 g/mol. The number of hydrogen-bond donors (Lipinski definition) is 1. The summed E-state index contributed by atoms with van der Waals surface area (Å²) in [5.41, 5.74) is 3.71. The van der Waals surface area contributed by atoms with Gasteiger partial charge in [-0.15, -0.1) is 0 Å². The van der Waals surface area contributed by atoms with E-state index in [4.69, 9.17) is 11.6 Å². The number of carbonyl (C=O) groups is 1. The van der Waals surface area contributed by atoms with Crippen molar-refractivity contribution in [1.82, 2.24) is 4.90 Å². The van der Waals surface area contributed by atoms with E-state index in [1.54, 1.807) is 6.07 Å². The molecule has 1 aliphatic heterocycles. The van der Waals surface area contributed by atoms with E-state index in [9.17, 15) is 9.90 Å². The predicted molar refractivity (Wildman–Crippen MR) is 96.8 cm³/mol. The minimum absolute atomic E-state index is 0.318. The summed E-state index contributed by atoms with van der Waals surface area (Å²) in [7, 11) is 0. The maximum absolute atomic E-state index is 11.5. The number of halogens is 1. The van der Waals surface area contributed by atoms with Crippen molar-refractivity contribution in [2.45, 2.75) is 32.2 Å². The van der Waals surface area contributed by atoms with Gasteiger partial charge in [-0.2, -0.15) is 0 Å². The van der Waals surface area contributed by atoms with Crippen LogP contribution in [0.25, 0.3) is 0 Å². The number of hydrogen-bond acceptors (Lipinski definition) is 2. The second kappa shape index (κ2) is 7.37. The summed E-state index contributed by atoms with van der Waals surface area (Å²) in [5, 5.41) is 10.3. The number of nitrogens with zero attached hydrogens (tertiary/aromatic N) is 1. The second-order valence-electron chi connectivity index (χ2n) is 6.54. The zero-order valence-electron chi connectivity index (χ0n) is 13.8. The lowest BCUT2D eigenvalue weighted by Gasteiger charge is -2.33. The normalized spacial score (nSPS) is 16.2. The molecule has 0 atom stereocenters. The molecule has 3 rings (SSSR count). The smallest absolute Gasteiger partial charge is 0.335 e. The van der Waals surface area contributed by atoms with Gasteiger partial charge in [0.05, 0.1) is 5.56 Å². The summed E-state index contributed by atoms with van der Waals surface area (Å²) in [6.07, 6.45) is 1.96. The number of piperidine rings is 1. The molecule has 0 radical (unpaired) electrons. The molecule has 0 saturated carbocycles. The highest BCUT2D eigenvalue weighted by molar-refractivity contribution is 6.31. The van der Waals surface area contributed by atoms with Gasteiger partial charge in [-0.25, -0.2) is 4.79 Å². The third-order valence-electron chi connectivity index (χ3n) is 4.82. The fourth-order valence-corrected chi connectivity index (χ4v) is 3.68. The Hall–Kier alpha value is -1.84. The Balaban J connectivity index is 1.68. The largest absolute Gasteiger partial charge is 0.478 e. The molecule has 0 unspecified atom stereocenters. The van der Waals surface area contributed by atoms with Crippen LogP contribution in [-0.4, -0.2) is 29.1 Å². The first-order valence-corrected chi connectivity index (χ1v) is 8.72. The van der Waals surface area contributed by atoms with Crippen LogP contribution in [0.5, 0.6) is 0 Å². The van der Waals surface area contributed by atoms with E-state index < -0.39 is 5.97 Å². The van der Waals surface area contributed by atoms with Gasteiger partial charge in [0.1, 0.15) is 0 Å². The van der Waals surface area contributed by atoms with Crippen molar-refractivity contribution in [3.8, 4) is 0 Å². The maximum atomic E-state index is 11.5. The quantitative estimate of drug-likeness (QED) is 0.872. The first kappa shape index (κ1) is 17.0. The summed E-state index contributed by atoms with van der Waals surface area (Å²) in [6.45, 7) is 4.79. The Kier molecular flexibility index (Phi) is 5.22.